The molecule has 0 bridgehead atoms. The molecule has 23 heavy (non-hydrogen) atoms. The fourth-order valence-electron chi connectivity index (χ4n) is 2.89. The summed E-state index contributed by atoms with van der Waals surface area (Å²) in [6.07, 6.45) is 7.95. The van der Waals surface area contributed by atoms with Crippen molar-refractivity contribution in [3.63, 3.8) is 0 Å². The van der Waals surface area contributed by atoms with Gasteiger partial charge in [-0.15, -0.1) is 0 Å². The predicted molar refractivity (Wildman–Crippen MR) is 87.7 cm³/mol. The lowest BCUT2D eigenvalue weighted by Crippen LogP contribution is -2.17. The smallest absolute Gasteiger partial charge is 0.292 e. The molecule has 5 heteroatoms. The average Bonchev–Trinajstić information content (AvgIpc) is 3.02. The van der Waals surface area contributed by atoms with Crippen LogP contribution in [-0.4, -0.2) is 17.5 Å². The first-order chi connectivity index (χ1) is 11.2. The van der Waals surface area contributed by atoms with Crippen LogP contribution in [0.1, 0.15) is 48.4 Å². The Morgan fingerprint density at radius 1 is 1.30 bits per heavy atom. The quantitative estimate of drug-likeness (QED) is 0.898. The molecule has 5 nitrogen and oxygen atoms in total. The minimum absolute atomic E-state index is 0.270. The molecule has 0 saturated heterocycles. The lowest BCUT2D eigenvalue weighted by Gasteiger charge is -2.22. The van der Waals surface area contributed by atoms with Gasteiger partial charge in [-0.2, -0.15) is 0 Å². The first-order valence-electron chi connectivity index (χ1n) is 8.18. The summed E-state index contributed by atoms with van der Waals surface area (Å²) in [5, 5.41) is 2.76. The van der Waals surface area contributed by atoms with E-state index >= 15 is 0 Å². The molecule has 2 heterocycles. The van der Waals surface area contributed by atoms with Crippen LogP contribution in [0, 0.1) is 12.8 Å². The number of amides is 1. The summed E-state index contributed by atoms with van der Waals surface area (Å²) in [7, 11) is 0. The summed E-state index contributed by atoms with van der Waals surface area (Å²) in [6.45, 7) is 2.48. The number of nitrogens with zero attached hydrogens (tertiary/aromatic N) is 1. The number of hydrogen-bond acceptors (Lipinski definition) is 4. The summed E-state index contributed by atoms with van der Waals surface area (Å²) in [5.74, 6) is 2.29. The maximum Gasteiger partial charge on any atom is 0.292 e. The van der Waals surface area contributed by atoms with E-state index in [1.807, 2.05) is 12.1 Å². The van der Waals surface area contributed by atoms with Crippen LogP contribution in [0.5, 0.6) is 5.75 Å². The highest BCUT2D eigenvalue weighted by molar-refractivity contribution is 6.02. The normalized spacial score (nSPS) is 15.3. The van der Waals surface area contributed by atoms with E-state index < -0.39 is 0 Å². The summed E-state index contributed by atoms with van der Waals surface area (Å²) in [4.78, 5) is 16.4. The highest BCUT2D eigenvalue weighted by atomic mass is 16.5. The predicted octanol–water partition coefficient (Wildman–Crippen LogP) is 4.19. The topological polar surface area (TPSA) is 64.4 Å². The van der Waals surface area contributed by atoms with E-state index in [0.29, 0.717) is 29.9 Å². The Balaban J connectivity index is 1.64. The van der Waals surface area contributed by atoms with Crippen molar-refractivity contribution in [2.75, 3.05) is 11.9 Å². The second-order valence-electron chi connectivity index (χ2n) is 6.03. The molecular weight excluding hydrogens is 292 g/mol. The highest BCUT2D eigenvalue weighted by Gasteiger charge is 2.17. The number of ether oxygens (including phenoxy) is 1. The van der Waals surface area contributed by atoms with Crippen molar-refractivity contribution in [3.8, 4) is 5.75 Å². The maximum absolute atomic E-state index is 12.2. The fraction of sp³-hybridized carbons (Fsp3) is 0.444. The van der Waals surface area contributed by atoms with Crippen LogP contribution >= 0.6 is 0 Å². The van der Waals surface area contributed by atoms with Gasteiger partial charge in [0.2, 0.25) is 0 Å². The molecule has 0 radical (unpaired) electrons. The second kappa shape index (κ2) is 7.31. The van der Waals surface area contributed by atoms with Gasteiger partial charge < -0.3 is 14.5 Å². The molecule has 0 aliphatic heterocycles. The largest absolute Gasteiger partial charge is 0.489 e. The van der Waals surface area contributed by atoms with Crippen LogP contribution < -0.4 is 10.1 Å². The number of pyridine rings is 1. The molecule has 0 aromatic carbocycles. The molecule has 1 fully saturated rings. The zero-order valence-corrected chi connectivity index (χ0v) is 13.4. The second-order valence-corrected chi connectivity index (χ2v) is 6.03. The minimum atomic E-state index is -0.320. The Kier molecular flexibility index (Phi) is 4.95. The van der Waals surface area contributed by atoms with Crippen molar-refractivity contribution in [3.05, 3.63) is 42.0 Å². The Labute approximate surface area is 136 Å². The molecule has 1 aliphatic rings. The Bertz CT molecular complexity index is 660. The van der Waals surface area contributed by atoms with Gasteiger partial charge in [0.15, 0.2) is 17.3 Å². The molecule has 1 amide bonds. The van der Waals surface area contributed by atoms with Gasteiger partial charge in [-0.05, 0) is 49.9 Å². The number of furan rings is 1. The number of rotatable bonds is 5. The Hall–Kier alpha value is -2.30. The summed E-state index contributed by atoms with van der Waals surface area (Å²) >= 11 is 0. The van der Waals surface area contributed by atoms with Crippen LogP contribution in [0.25, 0.3) is 0 Å². The zero-order chi connectivity index (χ0) is 16.1. The van der Waals surface area contributed by atoms with E-state index in [4.69, 9.17) is 9.15 Å². The SMILES string of the molecule is Cc1ccc(C(=O)Nc2ncccc2OCC2CCCCC2)o1. The third-order valence-electron chi connectivity index (χ3n) is 4.17. The minimum Gasteiger partial charge on any atom is -0.489 e. The number of carbonyl (C=O) groups is 1. The number of aromatic nitrogens is 1. The molecule has 1 N–H and O–H groups in total. The van der Waals surface area contributed by atoms with E-state index in [1.54, 1.807) is 25.3 Å². The van der Waals surface area contributed by atoms with Crippen molar-refractivity contribution < 1.29 is 13.9 Å². The highest BCUT2D eigenvalue weighted by Crippen LogP contribution is 2.27. The number of nitrogens with one attached hydrogen (secondary N) is 1. The van der Waals surface area contributed by atoms with E-state index in [0.717, 1.165) is 0 Å². The van der Waals surface area contributed by atoms with Crippen LogP contribution in [-0.2, 0) is 0 Å². The maximum atomic E-state index is 12.2. The van der Waals surface area contributed by atoms with Gasteiger partial charge in [-0.1, -0.05) is 19.3 Å². The number of hydrogen-bond donors (Lipinski definition) is 1. The molecular formula is C18H22N2O3. The fourth-order valence-corrected chi connectivity index (χ4v) is 2.89. The van der Waals surface area contributed by atoms with Crippen molar-refractivity contribution >= 4 is 11.7 Å². The van der Waals surface area contributed by atoms with Crippen molar-refractivity contribution in [1.82, 2.24) is 4.98 Å². The zero-order valence-electron chi connectivity index (χ0n) is 13.4. The molecule has 3 rings (SSSR count). The molecule has 0 spiro atoms. The van der Waals surface area contributed by atoms with Crippen molar-refractivity contribution in [2.45, 2.75) is 39.0 Å². The number of aryl methyl sites for hydroxylation is 1. The van der Waals surface area contributed by atoms with Crippen LogP contribution in [0.4, 0.5) is 5.82 Å². The van der Waals surface area contributed by atoms with Crippen LogP contribution in [0.2, 0.25) is 0 Å². The standard InChI is InChI=1S/C18H22N2O3/c1-13-9-10-16(23-13)18(21)20-17-15(8-5-11-19-17)22-12-14-6-3-2-4-7-14/h5,8-11,14H,2-4,6-7,12H2,1H3,(H,19,20,21). The van der Waals surface area contributed by atoms with Crippen molar-refractivity contribution in [1.29, 1.82) is 0 Å². The van der Waals surface area contributed by atoms with E-state index in [9.17, 15) is 4.79 Å². The Morgan fingerprint density at radius 2 is 2.13 bits per heavy atom. The molecule has 0 unspecified atom stereocenters. The molecule has 2 aromatic rings. The molecule has 2 aromatic heterocycles. The molecule has 1 aliphatic carbocycles. The first kappa shape index (κ1) is 15.6. The van der Waals surface area contributed by atoms with Crippen LogP contribution in [0.15, 0.2) is 34.9 Å². The third kappa shape index (κ3) is 4.12. The van der Waals surface area contributed by atoms with Crippen LogP contribution in [0.3, 0.4) is 0 Å². The van der Waals surface area contributed by atoms with Gasteiger partial charge in [0.1, 0.15) is 5.76 Å². The van der Waals surface area contributed by atoms with Gasteiger partial charge in [0.25, 0.3) is 5.91 Å². The first-order valence-corrected chi connectivity index (χ1v) is 8.18. The lowest BCUT2D eigenvalue weighted by atomic mass is 9.90. The monoisotopic (exact) mass is 314 g/mol. The van der Waals surface area contributed by atoms with Gasteiger partial charge in [-0.3, -0.25) is 4.79 Å². The van der Waals surface area contributed by atoms with Gasteiger partial charge >= 0.3 is 0 Å². The lowest BCUT2D eigenvalue weighted by molar-refractivity contribution is 0.0994. The van der Waals surface area contributed by atoms with E-state index in [1.165, 1.54) is 32.1 Å². The molecule has 0 atom stereocenters. The summed E-state index contributed by atoms with van der Waals surface area (Å²) in [5.41, 5.74) is 0. The van der Waals surface area contributed by atoms with Gasteiger partial charge in [-0.25, -0.2) is 4.98 Å². The van der Waals surface area contributed by atoms with E-state index in [2.05, 4.69) is 10.3 Å². The average molecular weight is 314 g/mol. The summed E-state index contributed by atoms with van der Waals surface area (Å²) < 4.78 is 11.2. The molecule has 122 valence electrons. The van der Waals surface area contributed by atoms with Gasteiger partial charge in [0.05, 0.1) is 6.61 Å². The van der Waals surface area contributed by atoms with E-state index in [-0.39, 0.29) is 11.7 Å². The number of carbonyl (C=O) groups excluding carboxylic acids is 1. The van der Waals surface area contributed by atoms with Gasteiger partial charge in [0, 0.05) is 6.20 Å². The molecule has 1 saturated carbocycles. The third-order valence-corrected chi connectivity index (χ3v) is 4.17. The summed E-state index contributed by atoms with van der Waals surface area (Å²) in [6, 6.07) is 7.05. The number of anilines is 1. The van der Waals surface area contributed by atoms with Crippen molar-refractivity contribution in [2.24, 2.45) is 5.92 Å². The Morgan fingerprint density at radius 3 is 2.87 bits per heavy atom.